The Balaban J connectivity index is 0. The van der Waals surface area contributed by atoms with Gasteiger partial charge in [0.2, 0.25) is 11.8 Å². The smallest absolute Gasteiger partial charge is 0.248 e. The minimum absolute atomic E-state index is 0. The predicted molar refractivity (Wildman–Crippen MR) is 132 cm³/mol. The summed E-state index contributed by atoms with van der Waals surface area (Å²) in [5.41, 5.74) is 11.8. The van der Waals surface area contributed by atoms with E-state index in [1.54, 1.807) is 60.0 Å². The second-order valence-electron chi connectivity index (χ2n) is 5.84. The monoisotopic (exact) mass is 451 g/mol. The normalized spacial score (nSPS) is 18.5. The van der Waals surface area contributed by atoms with Gasteiger partial charge in [-0.25, -0.2) is 0 Å². The Morgan fingerprint density at radius 3 is 2.29 bits per heavy atom. The van der Waals surface area contributed by atoms with Crippen LogP contribution in [-0.2, 0) is 4.79 Å². The summed E-state index contributed by atoms with van der Waals surface area (Å²) in [4.78, 5) is 26.1. The third-order valence-electron chi connectivity index (χ3n) is 4.18. The number of carbonyl (C=O) groups excluding carboxylic acids is 2. The van der Waals surface area contributed by atoms with Crippen LogP contribution in [0, 0.1) is 0 Å². The number of benzene rings is 1. The summed E-state index contributed by atoms with van der Waals surface area (Å²) in [6.45, 7) is 5.62. The first-order valence-electron chi connectivity index (χ1n) is 9.53. The summed E-state index contributed by atoms with van der Waals surface area (Å²) in [5, 5.41) is 16.3. The van der Waals surface area contributed by atoms with Crippen LogP contribution in [0.2, 0.25) is 0 Å². The minimum Gasteiger partial charge on any atom is -0.508 e. The van der Waals surface area contributed by atoms with E-state index in [1.807, 2.05) is 26.0 Å². The zero-order valence-electron chi connectivity index (χ0n) is 18.2. The molecule has 1 aromatic rings. The number of anilines is 1. The molecule has 0 spiro atoms. The molecule has 1 aromatic carbocycles. The van der Waals surface area contributed by atoms with Crippen molar-refractivity contribution in [2.75, 3.05) is 19.1 Å². The number of nitrogens with zero attached hydrogens (tertiary/aromatic N) is 1. The summed E-state index contributed by atoms with van der Waals surface area (Å²) in [7, 11) is 2.50. The van der Waals surface area contributed by atoms with Gasteiger partial charge in [-0.3, -0.25) is 14.5 Å². The average Bonchev–Trinajstić information content (AvgIpc) is 3.12. The van der Waals surface area contributed by atoms with Crippen LogP contribution in [0.3, 0.4) is 0 Å². The molecular weight excluding hydrogens is 414 g/mol. The molecule has 2 rings (SSSR count). The maximum absolute atomic E-state index is 12.9. The second-order valence-corrected chi connectivity index (χ2v) is 7.13. The fourth-order valence-electron chi connectivity index (χ4n) is 2.71. The van der Waals surface area contributed by atoms with E-state index in [2.05, 4.69) is 5.73 Å². The van der Waals surface area contributed by atoms with Crippen LogP contribution in [0.4, 0.5) is 5.69 Å². The molecular formula is C23H37N3O4S. The summed E-state index contributed by atoms with van der Waals surface area (Å²) in [6.07, 6.45) is 7.65. The van der Waals surface area contributed by atoms with Crippen molar-refractivity contribution in [3.05, 3.63) is 65.5 Å². The third kappa shape index (κ3) is 8.24. The molecule has 0 radical (unpaired) electrons. The molecule has 31 heavy (non-hydrogen) atoms. The topological polar surface area (TPSA) is 130 Å². The number of aliphatic hydroxyl groups excluding tert-OH is 2. The van der Waals surface area contributed by atoms with E-state index >= 15 is 0 Å². The molecule has 1 heterocycles. The van der Waals surface area contributed by atoms with Gasteiger partial charge in [-0.05, 0) is 63.2 Å². The van der Waals surface area contributed by atoms with Crippen molar-refractivity contribution >= 4 is 29.3 Å². The molecule has 0 aromatic heterocycles. The highest BCUT2D eigenvalue weighted by molar-refractivity contribution is 8.02. The van der Waals surface area contributed by atoms with Crippen molar-refractivity contribution < 1.29 is 19.8 Å². The van der Waals surface area contributed by atoms with Gasteiger partial charge in [0.25, 0.3) is 0 Å². The number of nitrogens with two attached hydrogens (primary N) is 2. The van der Waals surface area contributed by atoms with Gasteiger partial charge in [-0.2, -0.15) is 0 Å². The van der Waals surface area contributed by atoms with Crippen LogP contribution in [0.1, 0.15) is 45.0 Å². The van der Waals surface area contributed by atoms with Gasteiger partial charge in [0.1, 0.15) is 11.1 Å². The highest BCUT2D eigenvalue weighted by Gasteiger charge is 2.41. The van der Waals surface area contributed by atoms with Gasteiger partial charge < -0.3 is 21.7 Å². The van der Waals surface area contributed by atoms with Gasteiger partial charge in [0, 0.05) is 18.4 Å². The quantitative estimate of drug-likeness (QED) is 0.385. The standard InChI is InChI=1S/C20H24N2O3S.CH5N.CH4O.CH4/c1-4-13(10-11-16(23)5-2)20-22(19(25)17(6-3)26-20)15-9-7-8-14(12-15)18(21)24;2*1-2;/h4-5,7-12,17,20,23H,6H2,1-3H3,(H2,21,24);2H2,1H3;2H,1H3;1H4/b11-10-,13-4+,16-5+;;;. The van der Waals surface area contributed by atoms with Crippen LogP contribution < -0.4 is 16.4 Å². The highest BCUT2D eigenvalue weighted by atomic mass is 32.2. The molecule has 8 heteroatoms. The first-order valence-corrected chi connectivity index (χ1v) is 10.5. The molecule has 2 unspecified atom stereocenters. The maximum Gasteiger partial charge on any atom is 0.248 e. The van der Waals surface area contributed by atoms with E-state index in [4.69, 9.17) is 10.8 Å². The maximum atomic E-state index is 12.9. The van der Waals surface area contributed by atoms with Gasteiger partial charge in [-0.15, -0.1) is 11.8 Å². The van der Waals surface area contributed by atoms with Crippen LogP contribution in [0.25, 0.3) is 0 Å². The largest absolute Gasteiger partial charge is 0.508 e. The van der Waals surface area contributed by atoms with E-state index in [9.17, 15) is 14.7 Å². The Bertz CT molecular complexity index is 791. The molecule has 7 nitrogen and oxygen atoms in total. The molecule has 1 aliphatic heterocycles. The molecule has 2 amide bonds. The van der Waals surface area contributed by atoms with E-state index in [-0.39, 0.29) is 29.7 Å². The SMILES string of the molecule is C.CN.CO.C\C=C(O)/C=C\C(=C/C)C1SC(CC)C(=O)N1c1cccc(C(N)=O)c1. The minimum atomic E-state index is -0.529. The Labute approximate surface area is 190 Å². The first kappa shape index (κ1) is 30.6. The lowest BCUT2D eigenvalue weighted by Gasteiger charge is -2.25. The third-order valence-corrected chi connectivity index (χ3v) is 5.79. The van der Waals surface area contributed by atoms with E-state index < -0.39 is 5.91 Å². The number of hydrogen-bond acceptors (Lipinski definition) is 6. The number of aliphatic hydroxyl groups is 2. The van der Waals surface area contributed by atoms with Crippen molar-refractivity contribution in [2.24, 2.45) is 11.5 Å². The lowest BCUT2D eigenvalue weighted by atomic mass is 10.1. The molecule has 2 atom stereocenters. The Morgan fingerprint density at radius 1 is 1.19 bits per heavy atom. The van der Waals surface area contributed by atoms with Crippen LogP contribution >= 0.6 is 11.8 Å². The fraction of sp³-hybridized carbons (Fsp3) is 0.391. The number of carbonyl (C=O) groups is 2. The number of amides is 2. The highest BCUT2D eigenvalue weighted by Crippen LogP contribution is 2.41. The van der Waals surface area contributed by atoms with Gasteiger partial charge in [-0.1, -0.05) is 32.6 Å². The van der Waals surface area contributed by atoms with Crippen LogP contribution in [-0.4, -0.2) is 46.8 Å². The Hall–Kier alpha value is -2.55. The molecule has 1 aliphatic rings. The molecule has 1 saturated heterocycles. The zero-order valence-corrected chi connectivity index (χ0v) is 19.0. The zero-order chi connectivity index (χ0) is 23.3. The predicted octanol–water partition coefficient (Wildman–Crippen LogP) is 3.75. The van der Waals surface area contributed by atoms with Crippen molar-refractivity contribution in [3.63, 3.8) is 0 Å². The molecule has 1 fully saturated rings. The number of rotatable bonds is 6. The number of hydrogen-bond donors (Lipinski definition) is 4. The molecule has 0 aliphatic carbocycles. The van der Waals surface area contributed by atoms with Crippen molar-refractivity contribution in [1.82, 2.24) is 0 Å². The van der Waals surface area contributed by atoms with Gasteiger partial charge in [0.15, 0.2) is 0 Å². The Kier molecular flexibility index (Phi) is 16.0. The average molecular weight is 452 g/mol. The van der Waals surface area contributed by atoms with Gasteiger partial charge >= 0.3 is 0 Å². The molecule has 0 saturated carbocycles. The van der Waals surface area contributed by atoms with Gasteiger partial charge in [0.05, 0.1) is 5.25 Å². The number of thioether (sulfide) groups is 1. The van der Waals surface area contributed by atoms with Crippen LogP contribution in [0.15, 0.2) is 59.9 Å². The summed E-state index contributed by atoms with van der Waals surface area (Å²) in [6, 6.07) is 6.80. The summed E-state index contributed by atoms with van der Waals surface area (Å²) < 4.78 is 0. The van der Waals surface area contributed by atoms with Crippen molar-refractivity contribution in [3.8, 4) is 0 Å². The van der Waals surface area contributed by atoms with E-state index in [1.165, 1.54) is 7.05 Å². The first-order chi connectivity index (χ1) is 14.4. The van der Waals surface area contributed by atoms with Crippen LogP contribution in [0.5, 0.6) is 0 Å². The summed E-state index contributed by atoms with van der Waals surface area (Å²) >= 11 is 1.57. The second kappa shape index (κ2) is 16.2. The lowest BCUT2D eigenvalue weighted by molar-refractivity contribution is -0.117. The van der Waals surface area contributed by atoms with Crippen molar-refractivity contribution in [1.29, 1.82) is 0 Å². The van der Waals surface area contributed by atoms with Crippen molar-refractivity contribution in [2.45, 2.75) is 45.2 Å². The van der Waals surface area contributed by atoms with E-state index in [0.29, 0.717) is 17.7 Å². The fourth-order valence-corrected chi connectivity index (χ4v) is 4.17. The molecule has 174 valence electrons. The number of allylic oxidation sites excluding steroid dienone is 3. The van der Waals surface area contributed by atoms with E-state index in [0.717, 1.165) is 12.7 Å². The number of primary amides is 1. The summed E-state index contributed by atoms with van der Waals surface area (Å²) in [5.74, 6) is -0.362. The lowest BCUT2D eigenvalue weighted by Crippen LogP contribution is -2.35. The molecule has 0 bridgehead atoms. The molecule has 6 N–H and O–H groups in total. The Morgan fingerprint density at radius 2 is 1.81 bits per heavy atom.